The Morgan fingerprint density at radius 1 is 0.331 bits per heavy atom. The smallest absolute Gasteiger partial charge is 0.391 e. The Morgan fingerprint density at radius 2 is 0.686 bits per heavy atom. The molecule has 1 saturated carbocycles. The largest absolute Gasteiger partial charge is 0.416 e. The molecule has 658 valence electrons. The molecule has 0 amide bonds. The Morgan fingerprint density at radius 3 is 1.08 bits per heavy atom. The molecule has 118 heavy (non-hydrogen) atoms. The summed E-state index contributed by atoms with van der Waals surface area (Å²) in [6.45, 7) is 28.9. The number of ether oxygens (including phenoxy) is 1. The SMILES string of the molecule is Cc1cc(N(C)CCCN(C)C)cc(C(F)(F)F)c1.Cc1cc(N2CC(C)OC(C)C2)cc(C(F)(F)F)c1.Cc1cc(N2CCC(N3CCCCC3)C2)cc(C(F)(F)F)c1.Cc1cc(N2CCC(O)C2)cc(C(F)(F)F)c1.Cc1cc(N2CCCN(C)CC2)cc(C(F)(F)F)c1.Cc1cc(N2CCN(C3CCCC3)CC2)cc(C(F)(F)F)c1. The molecule has 0 aromatic heterocycles. The third kappa shape index (κ3) is 30.0. The van der Waals surface area contributed by atoms with Crippen LogP contribution in [0.5, 0.6) is 0 Å². The molecule has 7 fully saturated rings. The summed E-state index contributed by atoms with van der Waals surface area (Å²) in [5.41, 5.74) is 4.27. The fraction of sp³-hybridized carbons (Fsp3) is 0.591. The quantitative estimate of drug-likeness (QED) is 0.119. The van der Waals surface area contributed by atoms with E-state index in [0.29, 0.717) is 112 Å². The van der Waals surface area contributed by atoms with Gasteiger partial charge in [0.2, 0.25) is 0 Å². The third-order valence-corrected chi connectivity index (χ3v) is 22.2. The summed E-state index contributed by atoms with van der Waals surface area (Å²) in [6.07, 6.45) is -13.6. The van der Waals surface area contributed by atoms with Crippen molar-refractivity contribution >= 4 is 34.1 Å². The first-order valence-corrected chi connectivity index (χ1v) is 40.8. The number of piperidine rings is 1. The second-order valence-electron chi connectivity index (χ2n) is 33.0. The average Bonchev–Trinajstić information content (AvgIpc) is 1.15. The number of piperazine rings is 1. The number of aryl methyl sites for hydroxylation is 6. The average molecular weight is 1690 g/mol. The molecule has 6 saturated heterocycles. The Bertz CT molecular complexity index is 4100. The topological polar surface area (TPSA) is 61.9 Å². The minimum absolute atomic E-state index is 0.0265. The highest BCUT2D eigenvalue weighted by atomic mass is 19.4. The third-order valence-electron chi connectivity index (χ3n) is 22.2. The lowest BCUT2D eigenvalue weighted by molar-refractivity contribution is -0.138. The lowest BCUT2D eigenvalue weighted by atomic mass is 10.1. The maximum absolute atomic E-state index is 13.0. The lowest BCUT2D eigenvalue weighted by Gasteiger charge is -2.39. The van der Waals surface area contributed by atoms with E-state index >= 15 is 0 Å². The maximum Gasteiger partial charge on any atom is 0.416 e. The second-order valence-corrected chi connectivity index (χ2v) is 33.0. The van der Waals surface area contributed by atoms with Crippen molar-refractivity contribution in [1.82, 2.24) is 19.6 Å². The molecule has 6 aromatic rings. The summed E-state index contributed by atoms with van der Waals surface area (Å²) in [6, 6.07) is 26.6. The van der Waals surface area contributed by atoms with Crippen LogP contribution in [0.15, 0.2) is 109 Å². The van der Waals surface area contributed by atoms with E-state index in [1.807, 2.05) is 74.9 Å². The van der Waals surface area contributed by atoms with Crippen molar-refractivity contribution in [2.24, 2.45) is 0 Å². The molecule has 6 aliphatic heterocycles. The van der Waals surface area contributed by atoms with Crippen LogP contribution in [0.3, 0.4) is 0 Å². The highest BCUT2D eigenvalue weighted by Gasteiger charge is 2.39. The zero-order valence-corrected chi connectivity index (χ0v) is 69.9. The van der Waals surface area contributed by atoms with Crippen LogP contribution in [0.25, 0.3) is 0 Å². The number of hydrogen-bond donors (Lipinski definition) is 1. The number of alkyl halides is 18. The summed E-state index contributed by atoms with van der Waals surface area (Å²) in [4.78, 5) is 21.2. The number of aliphatic hydroxyl groups is 1. The van der Waals surface area contributed by atoms with Crippen LogP contribution >= 0.6 is 0 Å². The Balaban J connectivity index is 0.000000177. The normalized spacial score (nSPS) is 20.4. The van der Waals surface area contributed by atoms with Gasteiger partial charge in [-0.15, -0.1) is 0 Å². The molecular weight excluding hydrogens is 1570 g/mol. The monoisotopic (exact) mass is 1690 g/mol. The van der Waals surface area contributed by atoms with Crippen molar-refractivity contribution in [2.45, 2.75) is 193 Å². The molecular formula is C88H118F18N10O2. The molecule has 0 radical (unpaired) electrons. The number of aliphatic hydroxyl groups excluding tert-OH is 1. The number of morpholine rings is 1. The summed E-state index contributed by atoms with van der Waals surface area (Å²) in [7, 11) is 7.83. The van der Waals surface area contributed by atoms with Crippen molar-refractivity contribution in [3.8, 4) is 0 Å². The van der Waals surface area contributed by atoms with E-state index in [9.17, 15) is 84.1 Å². The standard InChI is InChI=1S/2C17H23F3N2.C14H19F3N2.C14H21F3N2.C14H18F3NO.C12H14F3NO/c1-13-9-14(17(18,19)20)11-16(10-13)22-8-5-15(12-22)21-6-3-2-4-7-21;1-13-10-14(17(18,19)20)12-16(11-13)22-8-6-21(7-9-22)15-4-2-3-5-15;1-11-8-12(14(15,16)17)10-13(9-11)19-5-3-4-18(2)6-7-19;1-11-8-12(14(15,16)17)10-13(9-11)19(4)7-5-6-18(2)3;1-9-4-12(14(15,16)17)6-13(5-9)18-7-10(2)19-11(3)8-18;1-8-4-9(12(13,14)15)6-10(5-8)16-3-2-11(17)7-16/h9-11,15H,2-8,12H2,1H3;10-12,15H,2-9H2,1H3;8-10H,3-7H2,1-2H3;8-10H,5-7H2,1-4H3;4-6,10-11H,7-8H2,1-3H3;4-6,11,17H,2-3,7H2,1H3. The van der Waals surface area contributed by atoms with E-state index in [0.717, 1.165) is 123 Å². The van der Waals surface area contributed by atoms with E-state index in [2.05, 4.69) is 29.4 Å². The van der Waals surface area contributed by atoms with Crippen molar-refractivity contribution in [2.75, 3.05) is 175 Å². The molecule has 6 aromatic carbocycles. The van der Waals surface area contributed by atoms with Gasteiger partial charge < -0.3 is 49.0 Å². The molecule has 12 nitrogen and oxygen atoms in total. The number of anilines is 6. The highest BCUT2D eigenvalue weighted by Crippen LogP contribution is 2.41. The van der Waals surface area contributed by atoms with Gasteiger partial charge >= 0.3 is 37.1 Å². The summed E-state index contributed by atoms with van der Waals surface area (Å²) in [5, 5.41) is 9.40. The van der Waals surface area contributed by atoms with E-state index in [4.69, 9.17) is 4.74 Å². The lowest BCUT2D eigenvalue weighted by Crippen LogP contribution is -2.49. The fourth-order valence-electron chi connectivity index (χ4n) is 16.3. The van der Waals surface area contributed by atoms with E-state index < -0.39 is 76.5 Å². The molecule has 0 bridgehead atoms. The molecule has 7 aliphatic rings. The number of nitrogens with zero attached hydrogens (tertiary/aromatic N) is 10. The number of likely N-dealkylation sites (N-methyl/N-ethyl adjacent to an activating group) is 1. The van der Waals surface area contributed by atoms with Crippen LogP contribution in [-0.4, -0.2) is 201 Å². The maximum atomic E-state index is 13.0. The van der Waals surface area contributed by atoms with Crippen molar-refractivity contribution in [3.63, 3.8) is 0 Å². The van der Waals surface area contributed by atoms with Gasteiger partial charge in [0.15, 0.2) is 0 Å². The molecule has 0 spiro atoms. The van der Waals surface area contributed by atoms with Gasteiger partial charge in [-0.2, -0.15) is 79.0 Å². The highest BCUT2D eigenvalue weighted by molar-refractivity contribution is 5.57. The molecule has 4 atom stereocenters. The summed E-state index contributed by atoms with van der Waals surface area (Å²) in [5.74, 6) is 0. The van der Waals surface area contributed by atoms with Crippen LogP contribution in [0.1, 0.15) is 151 Å². The fourth-order valence-corrected chi connectivity index (χ4v) is 16.3. The number of β-amino-alcohol motifs (C(OH)–C–C–N with tert-alkyl or cyclic N) is 1. The van der Waals surface area contributed by atoms with Gasteiger partial charge in [0, 0.05) is 145 Å². The predicted octanol–water partition coefficient (Wildman–Crippen LogP) is 20.9. The van der Waals surface area contributed by atoms with E-state index in [-0.39, 0.29) is 12.2 Å². The summed E-state index contributed by atoms with van der Waals surface area (Å²) >= 11 is 0. The van der Waals surface area contributed by atoms with Crippen molar-refractivity contribution < 1.29 is 88.9 Å². The first-order valence-electron chi connectivity index (χ1n) is 40.8. The van der Waals surface area contributed by atoms with Crippen LogP contribution < -0.4 is 29.4 Å². The van der Waals surface area contributed by atoms with E-state index in [1.54, 1.807) is 64.6 Å². The van der Waals surface area contributed by atoms with Gasteiger partial charge in [0.25, 0.3) is 0 Å². The minimum atomic E-state index is -4.32. The molecule has 1 N–H and O–H groups in total. The number of benzene rings is 6. The minimum Gasteiger partial charge on any atom is -0.391 e. The van der Waals surface area contributed by atoms with Crippen LogP contribution in [-0.2, 0) is 41.8 Å². The molecule has 13 rings (SSSR count). The van der Waals surface area contributed by atoms with Crippen molar-refractivity contribution in [1.29, 1.82) is 0 Å². The van der Waals surface area contributed by atoms with Gasteiger partial charge in [-0.05, 0) is 297 Å². The van der Waals surface area contributed by atoms with E-state index in [1.165, 1.54) is 106 Å². The van der Waals surface area contributed by atoms with Gasteiger partial charge in [0.1, 0.15) is 0 Å². The Labute approximate surface area is 684 Å². The Hall–Kier alpha value is -7.38. The predicted molar refractivity (Wildman–Crippen MR) is 435 cm³/mol. The van der Waals surface area contributed by atoms with Gasteiger partial charge in [-0.3, -0.25) is 9.80 Å². The zero-order chi connectivity index (χ0) is 87.0. The number of halogens is 18. The summed E-state index contributed by atoms with van der Waals surface area (Å²) < 4.78 is 237. The van der Waals surface area contributed by atoms with Crippen LogP contribution in [0.4, 0.5) is 113 Å². The Kier molecular flexibility index (Phi) is 34.1. The number of likely N-dealkylation sites (tertiary alicyclic amines) is 1. The zero-order valence-electron chi connectivity index (χ0n) is 69.9. The molecule has 30 heteroatoms. The van der Waals surface area contributed by atoms with Gasteiger partial charge in [-0.1, -0.05) is 19.3 Å². The van der Waals surface area contributed by atoms with Crippen LogP contribution in [0.2, 0.25) is 0 Å². The van der Waals surface area contributed by atoms with Gasteiger partial charge in [0.05, 0.1) is 51.7 Å². The van der Waals surface area contributed by atoms with Crippen molar-refractivity contribution in [3.05, 3.63) is 176 Å². The van der Waals surface area contributed by atoms with Crippen LogP contribution in [0, 0.1) is 41.5 Å². The molecule has 6 heterocycles. The number of hydrogen-bond acceptors (Lipinski definition) is 12. The molecule has 1 aliphatic carbocycles. The molecule has 4 unspecified atom stereocenters. The first kappa shape index (κ1) is 96.1. The number of rotatable bonds is 12. The van der Waals surface area contributed by atoms with Gasteiger partial charge in [-0.25, -0.2) is 0 Å². The second kappa shape index (κ2) is 41.9. The first-order chi connectivity index (χ1) is 55.0.